The summed E-state index contributed by atoms with van der Waals surface area (Å²) in [6.45, 7) is 0.716. The van der Waals surface area contributed by atoms with Crippen molar-refractivity contribution in [3.63, 3.8) is 0 Å². The highest BCUT2D eigenvalue weighted by Gasteiger charge is 2.40. The van der Waals surface area contributed by atoms with Gasteiger partial charge in [-0.25, -0.2) is 0 Å². The number of likely N-dealkylation sites (N-methyl/N-ethyl adjacent to an activating group) is 1. The number of carbonyl (C=O) groups excluding carboxylic acids is 1. The number of rotatable bonds is 6. The zero-order valence-corrected chi connectivity index (χ0v) is 18.7. The van der Waals surface area contributed by atoms with Crippen LogP contribution in [0.2, 0.25) is 0 Å². The van der Waals surface area contributed by atoms with Crippen molar-refractivity contribution >= 4 is 5.91 Å². The minimum atomic E-state index is 0.116. The van der Waals surface area contributed by atoms with E-state index in [-0.39, 0.29) is 5.91 Å². The van der Waals surface area contributed by atoms with Gasteiger partial charge in [0.1, 0.15) is 6.04 Å². The molecule has 5 rings (SSSR count). The Morgan fingerprint density at radius 2 is 1.53 bits per heavy atom. The van der Waals surface area contributed by atoms with Gasteiger partial charge in [-0.2, -0.15) is 0 Å². The normalized spacial score (nSPS) is 21.8. The molecule has 32 heavy (non-hydrogen) atoms. The predicted molar refractivity (Wildman–Crippen MR) is 129 cm³/mol. The van der Waals surface area contributed by atoms with Gasteiger partial charge >= 0.3 is 0 Å². The molecule has 1 N–H and O–H groups in total. The molecule has 1 amide bonds. The van der Waals surface area contributed by atoms with Crippen molar-refractivity contribution in [3.05, 3.63) is 108 Å². The Labute approximate surface area is 191 Å². The van der Waals surface area contributed by atoms with E-state index in [0.29, 0.717) is 18.6 Å². The van der Waals surface area contributed by atoms with Crippen LogP contribution < -0.4 is 4.90 Å². The number of hydrogen-bond donors (Lipinski definition) is 1. The second-order valence-corrected chi connectivity index (χ2v) is 9.12. The highest BCUT2D eigenvalue weighted by molar-refractivity contribution is 5.96. The molecule has 162 valence electrons. The topological polar surface area (TPSA) is 24.8 Å². The van der Waals surface area contributed by atoms with E-state index < -0.39 is 0 Å². The van der Waals surface area contributed by atoms with E-state index in [0.717, 1.165) is 24.0 Å². The average Bonchev–Trinajstić information content (AvgIpc) is 3.05. The molecule has 1 unspecified atom stereocenters. The minimum Gasteiger partial charge on any atom is -0.329 e. The Hall–Kier alpha value is -3.17. The molecule has 0 aromatic heterocycles. The van der Waals surface area contributed by atoms with Crippen LogP contribution in [0.4, 0.5) is 0 Å². The van der Waals surface area contributed by atoms with E-state index in [1.165, 1.54) is 29.7 Å². The summed E-state index contributed by atoms with van der Waals surface area (Å²) in [6, 6.07) is 30.1. The Morgan fingerprint density at radius 1 is 0.875 bits per heavy atom. The summed E-state index contributed by atoms with van der Waals surface area (Å²) in [4.78, 5) is 17.4. The maximum absolute atomic E-state index is 13.7. The van der Waals surface area contributed by atoms with Crippen molar-refractivity contribution in [1.82, 2.24) is 4.90 Å². The van der Waals surface area contributed by atoms with Crippen molar-refractivity contribution in [2.24, 2.45) is 0 Å². The van der Waals surface area contributed by atoms with Gasteiger partial charge in [-0.1, -0.05) is 72.8 Å². The molecule has 0 aliphatic carbocycles. The molecular formula is C29H31N2O+. The maximum Gasteiger partial charge on any atom is 0.258 e. The Bertz CT molecular complexity index is 1090. The molecule has 1 fully saturated rings. The maximum atomic E-state index is 13.7. The Balaban J connectivity index is 1.40. The van der Waals surface area contributed by atoms with Gasteiger partial charge in [-0.05, 0) is 41.3 Å². The molecule has 3 nitrogen and oxygen atoms in total. The fourth-order valence-corrected chi connectivity index (χ4v) is 5.22. The van der Waals surface area contributed by atoms with Crippen LogP contribution in [0.5, 0.6) is 0 Å². The summed E-state index contributed by atoms with van der Waals surface area (Å²) < 4.78 is 0. The smallest absolute Gasteiger partial charge is 0.258 e. The van der Waals surface area contributed by atoms with E-state index in [4.69, 9.17) is 0 Å². The lowest BCUT2D eigenvalue weighted by Crippen LogP contribution is -3.14. The first kappa shape index (κ1) is 20.7. The lowest BCUT2D eigenvalue weighted by atomic mass is 10.0. The number of quaternary nitrogens is 1. The number of nitrogens with zero attached hydrogens (tertiary/aromatic N) is 1. The van der Waals surface area contributed by atoms with Crippen LogP contribution in [0.15, 0.2) is 96.7 Å². The third kappa shape index (κ3) is 4.26. The van der Waals surface area contributed by atoms with Gasteiger partial charge in [0.05, 0.1) is 13.1 Å². The van der Waals surface area contributed by atoms with Crippen molar-refractivity contribution < 1.29 is 9.69 Å². The summed E-state index contributed by atoms with van der Waals surface area (Å²) >= 11 is 0. The lowest BCUT2D eigenvalue weighted by molar-refractivity contribution is -0.912. The highest BCUT2D eigenvalue weighted by atomic mass is 16.2. The molecule has 3 aromatic rings. The summed E-state index contributed by atoms with van der Waals surface area (Å²) in [5.74, 6) is 0.116. The van der Waals surface area contributed by atoms with Crippen LogP contribution in [0.25, 0.3) is 11.1 Å². The highest BCUT2D eigenvalue weighted by Crippen LogP contribution is 2.27. The quantitative estimate of drug-likeness (QED) is 0.626. The molecular weight excluding hydrogens is 392 g/mol. The van der Waals surface area contributed by atoms with Gasteiger partial charge in [0.15, 0.2) is 0 Å². The molecule has 2 heterocycles. The molecule has 3 aromatic carbocycles. The summed E-state index contributed by atoms with van der Waals surface area (Å²) in [6.07, 6.45) is 6.71. The van der Waals surface area contributed by atoms with E-state index in [1.54, 1.807) is 4.90 Å². The molecule has 0 radical (unpaired) electrons. The van der Waals surface area contributed by atoms with Crippen LogP contribution in [0.1, 0.15) is 35.2 Å². The first-order chi connectivity index (χ1) is 15.7. The summed E-state index contributed by atoms with van der Waals surface area (Å²) in [5, 5.41) is 0. The van der Waals surface area contributed by atoms with Crippen LogP contribution >= 0.6 is 0 Å². The number of fused-ring (bicyclic) bond motifs is 2. The number of nitrogens with one attached hydrogen (secondary N) is 1. The van der Waals surface area contributed by atoms with Gasteiger partial charge in [0, 0.05) is 37.1 Å². The van der Waals surface area contributed by atoms with Crippen LogP contribution in [-0.4, -0.2) is 36.5 Å². The number of carbonyl (C=O) groups is 1. The molecule has 2 aliphatic heterocycles. The van der Waals surface area contributed by atoms with Crippen LogP contribution in [0.3, 0.4) is 0 Å². The number of amides is 1. The fraction of sp³-hybridized carbons (Fsp3) is 0.276. The van der Waals surface area contributed by atoms with Gasteiger partial charge in [0.2, 0.25) is 0 Å². The second-order valence-electron chi connectivity index (χ2n) is 9.12. The summed E-state index contributed by atoms with van der Waals surface area (Å²) in [7, 11) is 2.30. The van der Waals surface area contributed by atoms with Gasteiger partial charge in [0.25, 0.3) is 5.91 Å². The fourth-order valence-electron chi connectivity index (χ4n) is 5.22. The van der Waals surface area contributed by atoms with E-state index in [9.17, 15) is 4.79 Å². The molecule has 1 saturated heterocycles. The van der Waals surface area contributed by atoms with E-state index in [2.05, 4.69) is 66.6 Å². The zero-order valence-electron chi connectivity index (χ0n) is 18.7. The van der Waals surface area contributed by atoms with E-state index >= 15 is 0 Å². The van der Waals surface area contributed by atoms with E-state index in [1.807, 2.05) is 36.4 Å². The van der Waals surface area contributed by atoms with Crippen molar-refractivity contribution in [2.75, 3.05) is 13.6 Å². The molecule has 3 heteroatoms. The largest absolute Gasteiger partial charge is 0.329 e. The first-order valence-electron chi connectivity index (χ1n) is 11.7. The summed E-state index contributed by atoms with van der Waals surface area (Å²) in [5.41, 5.74) is 5.56. The molecule has 0 saturated carbocycles. The van der Waals surface area contributed by atoms with Gasteiger partial charge in [-0.15, -0.1) is 0 Å². The monoisotopic (exact) mass is 423 g/mol. The number of benzene rings is 3. The Morgan fingerprint density at radius 3 is 2.22 bits per heavy atom. The Kier molecular flexibility index (Phi) is 5.91. The van der Waals surface area contributed by atoms with Crippen LogP contribution in [-0.2, 0) is 6.42 Å². The van der Waals surface area contributed by atoms with Gasteiger partial charge < -0.3 is 9.80 Å². The third-order valence-electron chi connectivity index (χ3n) is 7.20. The van der Waals surface area contributed by atoms with Crippen LogP contribution in [0, 0.1) is 0 Å². The minimum absolute atomic E-state index is 0.116. The van der Waals surface area contributed by atoms with Gasteiger partial charge in [-0.3, -0.25) is 4.79 Å². The predicted octanol–water partition coefficient (Wildman–Crippen LogP) is 4.37. The third-order valence-corrected chi connectivity index (χ3v) is 7.20. The molecule has 3 atom stereocenters. The van der Waals surface area contributed by atoms with Crippen molar-refractivity contribution in [1.29, 1.82) is 0 Å². The zero-order chi connectivity index (χ0) is 21.9. The average molecular weight is 424 g/mol. The lowest BCUT2D eigenvalue weighted by Gasteiger charge is -2.33. The SMILES string of the molecule is C[NH+]1[C@@H]2CC[C@H]1C=C(N(CCc1ccccc1)C(=O)c1ccc(-c3ccccc3)cc1)C2. The molecule has 2 aliphatic rings. The standard InChI is InChI=1S/C29H30N2O/c1-30-26-16-17-27(30)21-28(20-26)31(19-18-22-8-4-2-5-9-22)29(32)25-14-12-24(13-15-25)23-10-6-3-7-11-23/h2-15,20,26-27H,16-19,21H2,1H3/p+1/t26-,27+/m0/s1. The van der Waals surface area contributed by atoms with Crippen molar-refractivity contribution in [2.45, 2.75) is 37.8 Å². The van der Waals surface area contributed by atoms with Crippen molar-refractivity contribution in [3.8, 4) is 11.1 Å². The molecule has 2 bridgehead atoms. The number of hydrogen-bond acceptors (Lipinski definition) is 1. The first-order valence-corrected chi connectivity index (χ1v) is 11.7. The molecule has 0 spiro atoms. The second kappa shape index (κ2) is 9.13.